The molecular formula is C12H16N2O4. The highest BCUT2D eigenvalue weighted by Crippen LogP contribution is 2.13. The van der Waals surface area contributed by atoms with Crippen molar-refractivity contribution in [1.82, 2.24) is 9.88 Å². The number of nitrogens with zero attached hydrogens (tertiary/aromatic N) is 2. The Balaban J connectivity index is 1.89. The van der Waals surface area contributed by atoms with Crippen molar-refractivity contribution >= 4 is 5.97 Å². The summed E-state index contributed by atoms with van der Waals surface area (Å²) in [5.74, 6) is -0.562. The molecule has 6 heteroatoms. The largest absolute Gasteiger partial charge is 0.489 e. The number of aromatic carboxylic acids is 1. The molecule has 1 N–H and O–H groups in total. The van der Waals surface area contributed by atoms with Gasteiger partial charge in [0.25, 0.3) is 0 Å². The van der Waals surface area contributed by atoms with Gasteiger partial charge in [0.1, 0.15) is 18.5 Å². The van der Waals surface area contributed by atoms with Crippen molar-refractivity contribution in [3.63, 3.8) is 0 Å². The zero-order valence-corrected chi connectivity index (χ0v) is 10.2. The molecular weight excluding hydrogens is 236 g/mol. The molecule has 0 aromatic carbocycles. The molecule has 1 fully saturated rings. The molecule has 0 saturated carbocycles. The van der Waals surface area contributed by atoms with E-state index in [1.165, 1.54) is 18.5 Å². The number of hydrogen-bond acceptors (Lipinski definition) is 5. The van der Waals surface area contributed by atoms with Crippen LogP contribution in [-0.2, 0) is 4.74 Å². The van der Waals surface area contributed by atoms with Crippen LogP contribution in [0.5, 0.6) is 5.75 Å². The molecule has 6 nitrogen and oxygen atoms in total. The second-order valence-corrected chi connectivity index (χ2v) is 4.28. The number of rotatable bonds is 4. The van der Waals surface area contributed by atoms with Crippen LogP contribution in [0.3, 0.4) is 0 Å². The lowest BCUT2D eigenvalue weighted by Gasteiger charge is -2.29. The average molecular weight is 252 g/mol. The molecule has 2 heterocycles. The lowest BCUT2D eigenvalue weighted by molar-refractivity contribution is -0.0404. The van der Waals surface area contributed by atoms with E-state index in [0.29, 0.717) is 19.0 Å². The maximum atomic E-state index is 10.8. The van der Waals surface area contributed by atoms with Gasteiger partial charge in [0.2, 0.25) is 0 Å². The highest BCUT2D eigenvalue weighted by atomic mass is 16.5. The van der Waals surface area contributed by atoms with Gasteiger partial charge in [0.15, 0.2) is 0 Å². The van der Waals surface area contributed by atoms with E-state index in [1.807, 2.05) is 7.05 Å². The summed E-state index contributed by atoms with van der Waals surface area (Å²) in [4.78, 5) is 16.8. The zero-order valence-electron chi connectivity index (χ0n) is 10.2. The van der Waals surface area contributed by atoms with Crippen LogP contribution in [0.25, 0.3) is 0 Å². The van der Waals surface area contributed by atoms with Gasteiger partial charge in [-0.05, 0) is 13.1 Å². The molecule has 2 rings (SSSR count). The fraction of sp³-hybridized carbons (Fsp3) is 0.500. The van der Waals surface area contributed by atoms with Crippen molar-refractivity contribution in [2.75, 3.05) is 33.4 Å². The summed E-state index contributed by atoms with van der Waals surface area (Å²) < 4.78 is 11.1. The van der Waals surface area contributed by atoms with E-state index in [4.69, 9.17) is 14.6 Å². The fourth-order valence-corrected chi connectivity index (χ4v) is 1.77. The minimum absolute atomic E-state index is 0.0113. The number of hydrogen-bond donors (Lipinski definition) is 1. The lowest BCUT2D eigenvalue weighted by atomic mass is 10.3. The van der Waals surface area contributed by atoms with E-state index in [1.54, 1.807) is 0 Å². The summed E-state index contributed by atoms with van der Waals surface area (Å²) in [6.45, 7) is 2.83. The van der Waals surface area contributed by atoms with Crippen LogP contribution < -0.4 is 4.74 Å². The van der Waals surface area contributed by atoms with Crippen molar-refractivity contribution in [2.24, 2.45) is 0 Å². The van der Waals surface area contributed by atoms with E-state index in [2.05, 4.69) is 9.88 Å². The van der Waals surface area contributed by atoms with E-state index < -0.39 is 5.97 Å². The molecule has 1 saturated heterocycles. The maximum absolute atomic E-state index is 10.8. The number of likely N-dealkylation sites (N-methyl/N-ethyl adjacent to an activating group) is 1. The van der Waals surface area contributed by atoms with Crippen molar-refractivity contribution in [2.45, 2.75) is 6.10 Å². The highest BCUT2D eigenvalue weighted by molar-refractivity contribution is 5.87. The second-order valence-electron chi connectivity index (χ2n) is 4.28. The Kier molecular flexibility index (Phi) is 4.11. The molecule has 1 aliphatic heterocycles. The first-order valence-corrected chi connectivity index (χ1v) is 5.76. The normalized spacial score (nSPS) is 20.6. The maximum Gasteiger partial charge on any atom is 0.337 e. The number of ether oxygens (including phenoxy) is 2. The minimum Gasteiger partial charge on any atom is -0.489 e. The van der Waals surface area contributed by atoms with Gasteiger partial charge in [-0.15, -0.1) is 0 Å². The topological polar surface area (TPSA) is 71.9 Å². The van der Waals surface area contributed by atoms with Crippen molar-refractivity contribution in [1.29, 1.82) is 0 Å². The quantitative estimate of drug-likeness (QED) is 0.840. The minimum atomic E-state index is -1.01. The Morgan fingerprint density at radius 1 is 1.67 bits per heavy atom. The van der Waals surface area contributed by atoms with Crippen LogP contribution in [0.4, 0.5) is 0 Å². The van der Waals surface area contributed by atoms with Crippen LogP contribution >= 0.6 is 0 Å². The molecule has 1 atom stereocenters. The van der Waals surface area contributed by atoms with Crippen LogP contribution in [0.2, 0.25) is 0 Å². The van der Waals surface area contributed by atoms with Crippen molar-refractivity contribution < 1.29 is 19.4 Å². The number of pyridine rings is 1. The van der Waals surface area contributed by atoms with Crippen molar-refractivity contribution in [3.8, 4) is 5.75 Å². The number of carboxylic acid groups (broad SMARTS) is 1. The van der Waals surface area contributed by atoms with Gasteiger partial charge in [0, 0.05) is 19.3 Å². The van der Waals surface area contributed by atoms with Gasteiger partial charge >= 0.3 is 5.97 Å². The SMILES string of the molecule is CN1CCOC(COc2cncc(C(=O)O)c2)C1. The Hall–Kier alpha value is -1.66. The Bertz CT molecular complexity index is 424. The molecule has 1 unspecified atom stereocenters. The fourth-order valence-electron chi connectivity index (χ4n) is 1.77. The van der Waals surface area contributed by atoms with E-state index in [9.17, 15) is 4.79 Å². The Morgan fingerprint density at radius 3 is 3.22 bits per heavy atom. The van der Waals surface area contributed by atoms with Gasteiger partial charge in [-0.3, -0.25) is 4.98 Å². The van der Waals surface area contributed by atoms with Gasteiger partial charge in [-0.25, -0.2) is 4.79 Å². The first-order valence-electron chi connectivity index (χ1n) is 5.76. The van der Waals surface area contributed by atoms with Gasteiger partial charge in [-0.2, -0.15) is 0 Å². The average Bonchev–Trinajstić information content (AvgIpc) is 2.37. The summed E-state index contributed by atoms with van der Waals surface area (Å²) in [5, 5.41) is 8.83. The third-order valence-electron chi connectivity index (χ3n) is 2.74. The number of carboxylic acids is 1. The lowest BCUT2D eigenvalue weighted by Crippen LogP contribution is -2.42. The molecule has 0 amide bonds. The summed E-state index contributed by atoms with van der Waals surface area (Å²) in [7, 11) is 2.03. The molecule has 1 aromatic heterocycles. The van der Waals surface area contributed by atoms with Crippen molar-refractivity contribution in [3.05, 3.63) is 24.0 Å². The summed E-state index contributed by atoms with van der Waals surface area (Å²) in [5.41, 5.74) is 0.120. The smallest absolute Gasteiger partial charge is 0.337 e. The zero-order chi connectivity index (χ0) is 13.0. The van der Waals surface area contributed by atoms with Crippen LogP contribution in [0, 0.1) is 0 Å². The first kappa shape index (κ1) is 12.8. The van der Waals surface area contributed by atoms with E-state index in [-0.39, 0.29) is 11.7 Å². The number of morpholine rings is 1. The third-order valence-corrected chi connectivity index (χ3v) is 2.74. The third kappa shape index (κ3) is 3.41. The molecule has 18 heavy (non-hydrogen) atoms. The molecule has 0 radical (unpaired) electrons. The Morgan fingerprint density at radius 2 is 2.50 bits per heavy atom. The second kappa shape index (κ2) is 5.79. The van der Waals surface area contributed by atoms with E-state index in [0.717, 1.165) is 13.1 Å². The predicted octanol–water partition coefficient (Wildman–Crippen LogP) is 0.489. The summed E-state index contributed by atoms with van der Waals surface area (Å²) >= 11 is 0. The number of aromatic nitrogens is 1. The van der Waals surface area contributed by atoms with E-state index >= 15 is 0 Å². The standard InChI is InChI=1S/C12H16N2O4/c1-14-2-3-17-11(7-14)8-18-10-4-9(12(15)16)5-13-6-10/h4-6,11H,2-3,7-8H2,1H3,(H,15,16). The molecule has 0 aliphatic carbocycles. The predicted molar refractivity (Wildman–Crippen MR) is 63.9 cm³/mol. The summed E-state index contributed by atoms with van der Waals surface area (Å²) in [6.07, 6.45) is 2.80. The van der Waals surface area contributed by atoms with Crippen LogP contribution in [0.15, 0.2) is 18.5 Å². The van der Waals surface area contributed by atoms with Gasteiger partial charge < -0.3 is 19.5 Å². The van der Waals surface area contributed by atoms with Crippen LogP contribution in [0.1, 0.15) is 10.4 Å². The molecule has 0 spiro atoms. The van der Waals surface area contributed by atoms with Gasteiger partial charge in [-0.1, -0.05) is 0 Å². The first-order chi connectivity index (χ1) is 8.65. The summed E-state index contributed by atoms with van der Waals surface area (Å²) in [6, 6.07) is 1.46. The van der Waals surface area contributed by atoms with Crippen LogP contribution in [-0.4, -0.2) is 60.4 Å². The highest BCUT2D eigenvalue weighted by Gasteiger charge is 2.18. The Labute approximate surface area is 105 Å². The number of carbonyl (C=O) groups is 1. The molecule has 1 aromatic rings. The molecule has 1 aliphatic rings. The monoisotopic (exact) mass is 252 g/mol. The van der Waals surface area contributed by atoms with Gasteiger partial charge in [0.05, 0.1) is 18.4 Å². The molecule has 0 bridgehead atoms. The molecule has 98 valence electrons.